The highest BCUT2D eigenvalue weighted by Crippen LogP contribution is 2.35. The minimum absolute atomic E-state index is 0.256. The van der Waals surface area contributed by atoms with Crippen LogP contribution >= 0.6 is 0 Å². The number of ether oxygens (including phenoxy) is 1. The van der Waals surface area contributed by atoms with E-state index in [1.165, 1.54) is 0 Å². The molecule has 24 heavy (non-hydrogen) atoms. The fraction of sp³-hybridized carbons (Fsp3) is 0.211. The van der Waals surface area contributed by atoms with Crippen LogP contribution in [-0.2, 0) is 0 Å². The third-order valence-corrected chi connectivity index (χ3v) is 3.66. The predicted molar refractivity (Wildman–Crippen MR) is 95.0 cm³/mol. The summed E-state index contributed by atoms with van der Waals surface area (Å²) in [6.07, 6.45) is 1.78. The van der Waals surface area contributed by atoms with Crippen LogP contribution in [0.4, 0.5) is 5.95 Å². The Morgan fingerprint density at radius 1 is 1.17 bits per heavy atom. The van der Waals surface area contributed by atoms with Crippen molar-refractivity contribution in [1.82, 2.24) is 9.97 Å². The standard InChI is InChI=1S/C19H18N4O/c1-12(2)22-19-21-11-14-8-16(18(24-3)9-17(14)23-19)15-7-5-4-6-13(15)10-20/h4-9,11-12H,1-3H3,(H,21,22,23). The predicted octanol–water partition coefficient (Wildman–Crippen LogP) is 4.00. The van der Waals surface area contributed by atoms with Crippen LogP contribution < -0.4 is 10.1 Å². The fourth-order valence-electron chi connectivity index (χ4n) is 2.58. The zero-order valence-corrected chi connectivity index (χ0v) is 13.9. The molecule has 0 aliphatic carbocycles. The molecule has 5 heteroatoms. The van der Waals surface area contributed by atoms with Crippen molar-refractivity contribution in [3.8, 4) is 22.9 Å². The maximum atomic E-state index is 9.35. The first-order valence-corrected chi connectivity index (χ1v) is 7.73. The van der Waals surface area contributed by atoms with E-state index >= 15 is 0 Å². The van der Waals surface area contributed by atoms with Crippen LogP contribution in [0.1, 0.15) is 19.4 Å². The summed E-state index contributed by atoms with van der Waals surface area (Å²) in [5.74, 6) is 1.27. The molecule has 0 amide bonds. The average molecular weight is 318 g/mol. The van der Waals surface area contributed by atoms with Gasteiger partial charge >= 0.3 is 0 Å². The number of nitrogens with one attached hydrogen (secondary N) is 1. The SMILES string of the molecule is COc1cc2nc(NC(C)C)ncc2cc1-c1ccccc1C#N. The minimum atomic E-state index is 0.256. The molecule has 1 heterocycles. The third-order valence-electron chi connectivity index (χ3n) is 3.66. The van der Waals surface area contributed by atoms with Gasteiger partial charge in [-0.15, -0.1) is 0 Å². The Bertz CT molecular complexity index is 928. The van der Waals surface area contributed by atoms with Gasteiger partial charge < -0.3 is 10.1 Å². The summed E-state index contributed by atoms with van der Waals surface area (Å²) in [6, 6.07) is 13.8. The molecule has 3 rings (SSSR count). The van der Waals surface area contributed by atoms with Gasteiger partial charge in [-0.2, -0.15) is 5.26 Å². The van der Waals surface area contributed by atoms with Crippen molar-refractivity contribution >= 4 is 16.9 Å². The highest BCUT2D eigenvalue weighted by atomic mass is 16.5. The van der Waals surface area contributed by atoms with Gasteiger partial charge in [0, 0.05) is 34.8 Å². The molecule has 0 spiro atoms. The van der Waals surface area contributed by atoms with E-state index in [9.17, 15) is 5.26 Å². The summed E-state index contributed by atoms with van der Waals surface area (Å²) in [6.45, 7) is 4.08. The molecule has 0 bridgehead atoms. The van der Waals surface area contributed by atoms with Gasteiger partial charge in [-0.05, 0) is 26.0 Å². The lowest BCUT2D eigenvalue weighted by Crippen LogP contribution is -2.12. The molecule has 120 valence electrons. The molecule has 2 aromatic carbocycles. The Labute approximate surface area is 140 Å². The largest absolute Gasteiger partial charge is 0.496 e. The molecule has 0 saturated heterocycles. The maximum absolute atomic E-state index is 9.35. The van der Waals surface area contributed by atoms with Gasteiger partial charge in [0.15, 0.2) is 0 Å². The van der Waals surface area contributed by atoms with E-state index in [-0.39, 0.29) is 6.04 Å². The van der Waals surface area contributed by atoms with Crippen molar-refractivity contribution in [2.45, 2.75) is 19.9 Å². The summed E-state index contributed by atoms with van der Waals surface area (Å²) in [5, 5.41) is 13.4. The molecule has 0 atom stereocenters. The van der Waals surface area contributed by atoms with Crippen LogP contribution in [0.25, 0.3) is 22.0 Å². The van der Waals surface area contributed by atoms with Crippen molar-refractivity contribution in [1.29, 1.82) is 5.26 Å². The van der Waals surface area contributed by atoms with Crippen LogP contribution in [0.2, 0.25) is 0 Å². The summed E-state index contributed by atoms with van der Waals surface area (Å²) in [4.78, 5) is 8.89. The van der Waals surface area contributed by atoms with E-state index < -0.39 is 0 Å². The summed E-state index contributed by atoms with van der Waals surface area (Å²) in [7, 11) is 1.62. The second-order valence-corrected chi connectivity index (χ2v) is 5.76. The van der Waals surface area contributed by atoms with E-state index in [0.29, 0.717) is 17.3 Å². The van der Waals surface area contributed by atoms with Crippen molar-refractivity contribution in [3.05, 3.63) is 48.2 Å². The van der Waals surface area contributed by atoms with Crippen molar-refractivity contribution in [2.75, 3.05) is 12.4 Å². The first kappa shape index (κ1) is 15.8. The number of rotatable bonds is 4. The van der Waals surface area contributed by atoms with E-state index in [2.05, 4.69) is 21.4 Å². The molecule has 0 radical (unpaired) electrons. The van der Waals surface area contributed by atoms with Crippen LogP contribution in [0.3, 0.4) is 0 Å². The van der Waals surface area contributed by atoms with Gasteiger partial charge in [-0.1, -0.05) is 18.2 Å². The van der Waals surface area contributed by atoms with Gasteiger partial charge in [-0.3, -0.25) is 0 Å². The number of nitrogens with zero attached hydrogens (tertiary/aromatic N) is 3. The first-order valence-electron chi connectivity index (χ1n) is 7.73. The smallest absolute Gasteiger partial charge is 0.223 e. The van der Waals surface area contributed by atoms with E-state index in [1.54, 1.807) is 19.4 Å². The zero-order chi connectivity index (χ0) is 17.1. The second-order valence-electron chi connectivity index (χ2n) is 5.76. The Hall–Kier alpha value is -3.13. The molecule has 0 saturated carbocycles. The molecule has 5 nitrogen and oxygen atoms in total. The van der Waals surface area contributed by atoms with Crippen molar-refractivity contribution in [2.24, 2.45) is 0 Å². The molecule has 0 fully saturated rings. The lowest BCUT2D eigenvalue weighted by atomic mass is 9.98. The highest BCUT2D eigenvalue weighted by Gasteiger charge is 2.13. The summed E-state index contributed by atoms with van der Waals surface area (Å²) in [5.41, 5.74) is 3.09. The number of hydrogen-bond donors (Lipinski definition) is 1. The monoisotopic (exact) mass is 318 g/mol. The number of benzene rings is 2. The van der Waals surface area contributed by atoms with E-state index in [1.807, 2.05) is 44.2 Å². The lowest BCUT2D eigenvalue weighted by molar-refractivity contribution is 0.417. The van der Waals surface area contributed by atoms with Crippen LogP contribution in [0.15, 0.2) is 42.6 Å². The average Bonchev–Trinajstić information content (AvgIpc) is 2.60. The van der Waals surface area contributed by atoms with Crippen molar-refractivity contribution < 1.29 is 4.74 Å². The topological polar surface area (TPSA) is 70.8 Å². The van der Waals surface area contributed by atoms with Gasteiger partial charge in [0.05, 0.1) is 24.3 Å². The second kappa shape index (κ2) is 6.55. The molecule has 3 aromatic rings. The van der Waals surface area contributed by atoms with Crippen LogP contribution in [0, 0.1) is 11.3 Å². The zero-order valence-electron chi connectivity index (χ0n) is 13.9. The Morgan fingerprint density at radius 2 is 1.96 bits per heavy atom. The van der Waals surface area contributed by atoms with Crippen molar-refractivity contribution in [3.63, 3.8) is 0 Å². The van der Waals surface area contributed by atoms with E-state index in [4.69, 9.17) is 4.74 Å². The molecule has 0 aliphatic heterocycles. The normalized spacial score (nSPS) is 10.6. The lowest BCUT2D eigenvalue weighted by Gasteiger charge is -2.13. The number of anilines is 1. The Kier molecular flexibility index (Phi) is 4.30. The molecule has 0 aliphatic rings. The molecule has 0 unspecified atom stereocenters. The van der Waals surface area contributed by atoms with Crippen LogP contribution in [0.5, 0.6) is 5.75 Å². The molecular weight excluding hydrogens is 300 g/mol. The van der Waals surface area contributed by atoms with Gasteiger partial charge in [0.1, 0.15) is 5.75 Å². The maximum Gasteiger partial charge on any atom is 0.223 e. The minimum Gasteiger partial charge on any atom is -0.496 e. The Morgan fingerprint density at radius 3 is 2.67 bits per heavy atom. The van der Waals surface area contributed by atoms with Crippen LogP contribution in [-0.4, -0.2) is 23.1 Å². The molecular formula is C19H18N4O. The van der Waals surface area contributed by atoms with Gasteiger partial charge in [-0.25, -0.2) is 9.97 Å². The number of aromatic nitrogens is 2. The van der Waals surface area contributed by atoms with E-state index in [0.717, 1.165) is 22.0 Å². The number of hydrogen-bond acceptors (Lipinski definition) is 5. The molecule has 1 aromatic heterocycles. The quantitative estimate of drug-likeness (QED) is 0.787. The summed E-state index contributed by atoms with van der Waals surface area (Å²) < 4.78 is 5.54. The highest BCUT2D eigenvalue weighted by molar-refractivity contribution is 5.89. The Balaban J connectivity index is 2.18. The fourth-order valence-corrected chi connectivity index (χ4v) is 2.58. The number of fused-ring (bicyclic) bond motifs is 1. The number of methoxy groups -OCH3 is 1. The first-order chi connectivity index (χ1) is 11.6. The molecule has 1 N–H and O–H groups in total. The number of nitriles is 1. The summed E-state index contributed by atoms with van der Waals surface area (Å²) >= 11 is 0. The van der Waals surface area contributed by atoms with Gasteiger partial charge in [0.2, 0.25) is 5.95 Å². The third kappa shape index (κ3) is 2.99. The van der Waals surface area contributed by atoms with Gasteiger partial charge in [0.25, 0.3) is 0 Å².